The molecule has 1 saturated heterocycles. The highest BCUT2D eigenvalue weighted by molar-refractivity contribution is 5.86. The van der Waals surface area contributed by atoms with E-state index in [1.54, 1.807) is 6.07 Å². The maximum absolute atomic E-state index is 11.3. The van der Waals surface area contributed by atoms with Crippen LogP contribution in [0.5, 0.6) is 0 Å². The number of esters is 1. The fraction of sp³-hybridized carbons (Fsp3) is 0.615. The smallest absolute Gasteiger partial charge is 0.358 e. The van der Waals surface area contributed by atoms with Crippen LogP contribution >= 0.6 is 0 Å². The van der Waals surface area contributed by atoms with Crippen LogP contribution in [0.25, 0.3) is 0 Å². The number of piperidine rings is 1. The first-order valence-corrected chi connectivity index (χ1v) is 6.19. The van der Waals surface area contributed by atoms with Gasteiger partial charge in [-0.05, 0) is 30.4 Å². The van der Waals surface area contributed by atoms with Crippen LogP contribution in [0.4, 0.5) is 5.82 Å². The third-order valence-electron chi connectivity index (χ3n) is 3.27. The van der Waals surface area contributed by atoms with Crippen molar-refractivity contribution in [3.63, 3.8) is 0 Å². The van der Waals surface area contributed by atoms with E-state index < -0.39 is 5.97 Å². The number of ether oxygens (including phenoxy) is 1. The van der Waals surface area contributed by atoms with Gasteiger partial charge in [-0.1, -0.05) is 13.8 Å². The Labute approximate surface area is 107 Å². The first-order chi connectivity index (χ1) is 8.52. The van der Waals surface area contributed by atoms with E-state index in [0.717, 1.165) is 25.3 Å². The van der Waals surface area contributed by atoms with Crippen LogP contribution in [0, 0.1) is 5.41 Å². The molecule has 0 aliphatic carbocycles. The molecule has 5 nitrogen and oxygen atoms in total. The van der Waals surface area contributed by atoms with Crippen molar-refractivity contribution in [3.05, 3.63) is 17.8 Å². The van der Waals surface area contributed by atoms with Crippen LogP contribution in [-0.2, 0) is 4.74 Å². The molecule has 1 fully saturated rings. The number of aromatic nitrogens is 2. The lowest BCUT2D eigenvalue weighted by Crippen LogP contribution is -2.40. The normalized spacial score (nSPS) is 18.5. The summed E-state index contributed by atoms with van der Waals surface area (Å²) in [6.45, 7) is 6.49. The quantitative estimate of drug-likeness (QED) is 0.749. The molecule has 1 aliphatic heterocycles. The molecule has 98 valence electrons. The summed E-state index contributed by atoms with van der Waals surface area (Å²) in [5.74, 6) is 0.378. The van der Waals surface area contributed by atoms with Crippen LogP contribution in [-0.4, -0.2) is 36.4 Å². The molecule has 0 atom stereocenters. The fourth-order valence-corrected chi connectivity index (χ4v) is 2.33. The lowest BCUT2D eigenvalue weighted by Gasteiger charge is -2.38. The topological polar surface area (TPSA) is 55.3 Å². The lowest BCUT2D eigenvalue weighted by atomic mass is 9.84. The summed E-state index contributed by atoms with van der Waals surface area (Å²) in [6, 6.07) is 3.50. The van der Waals surface area contributed by atoms with Crippen LogP contribution in [0.1, 0.15) is 37.2 Å². The second-order valence-corrected chi connectivity index (χ2v) is 5.46. The summed E-state index contributed by atoms with van der Waals surface area (Å²) in [6.07, 6.45) is 2.39. The van der Waals surface area contributed by atoms with Crippen molar-refractivity contribution < 1.29 is 9.53 Å². The van der Waals surface area contributed by atoms with E-state index in [1.165, 1.54) is 13.5 Å². The summed E-state index contributed by atoms with van der Waals surface area (Å²) < 4.78 is 4.60. The van der Waals surface area contributed by atoms with Crippen molar-refractivity contribution in [2.24, 2.45) is 5.41 Å². The molecule has 0 N–H and O–H groups in total. The van der Waals surface area contributed by atoms with Crippen LogP contribution in [0.15, 0.2) is 12.1 Å². The van der Waals surface area contributed by atoms with Crippen LogP contribution in [0.3, 0.4) is 0 Å². The third kappa shape index (κ3) is 2.78. The maximum Gasteiger partial charge on any atom is 0.358 e. The van der Waals surface area contributed by atoms with Gasteiger partial charge in [0, 0.05) is 13.1 Å². The minimum absolute atomic E-state index is 0.248. The minimum atomic E-state index is -0.451. The molecule has 0 unspecified atom stereocenters. The maximum atomic E-state index is 11.3. The van der Waals surface area contributed by atoms with Crippen molar-refractivity contribution in [2.75, 3.05) is 25.1 Å². The van der Waals surface area contributed by atoms with Crippen LogP contribution < -0.4 is 4.90 Å². The van der Waals surface area contributed by atoms with E-state index in [4.69, 9.17) is 0 Å². The highest BCUT2D eigenvalue weighted by Crippen LogP contribution is 2.30. The number of hydrogen-bond donors (Lipinski definition) is 0. The Bertz CT molecular complexity index is 428. The monoisotopic (exact) mass is 249 g/mol. The number of carbonyl (C=O) groups is 1. The predicted molar refractivity (Wildman–Crippen MR) is 68.6 cm³/mol. The third-order valence-corrected chi connectivity index (χ3v) is 3.27. The minimum Gasteiger partial charge on any atom is -0.464 e. The molecule has 0 bridgehead atoms. The molecular formula is C13H19N3O2. The standard InChI is InChI=1S/C13H19N3O2/c1-13(2)7-4-8-16(9-13)11-6-5-10(14-15-11)12(17)18-3/h5-6H,4,7-9H2,1-3H3. The molecule has 2 rings (SSSR count). The summed E-state index contributed by atoms with van der Waals surface area (Å²) in [5, 5.41) is 8.02. The molecule has 0 radical (unpaired) electrons. The molecule has 0 amide bonds. The van der Waals surface area contributed by atoms with E-state index >= 15 is 0 Å². The highest BCUT2D eigenvalue weighted by atomic mass is 16.5. The average molecular weight is 249 g/mol. The Morgan fingerprint density at radius 3 is 2.72 bits per heavy atom. The zero-order valence-electron chi connectivity index (χ0n) is 11.1. The van der Waals surface area contributed by atoms with Gasteiger partial charge in [-0.3, -0.25) is 0 Å². The van der Waals surface area contributed by atoms with Gasteiger partial charge < -0.3 is 9.64 Å². The van der Waals surface area contributed by atoms with Gasteiger partial charge in [-0.25, -0.2) is 4.79 Å². The highest BCUT2D eigenvalue weighted by Gasteiger charge is 2.27. The summed E-state index contributed by atoms with van der Waals surface area (Å²) in [4.78, 5) is 13.5. The molecule has 5 heteroatoms. The first kappa shape index (κ1) is 12.8. The summed E-state index contributed by atoms with van der Waals surface area (Å²) >= 11 is 0. The van der Waals surface area contributed by atoms with Gasteiger partial charge in [0.25, 0.3) is 0 Å². The predicted octanol–water partition coefficient (Wildman–Crippen LogP) is 1.89. The van der Waals surface area contributed by atoms with Gasteiger partial charge in [0.05, 0.1) is 7.11 Å². The molecule has 1 aromatic heterocycles. The first-order valence-electron chi connectivity index (χ1n) is 6.19. The van der Waals surface area contributed by atoms with Crippen molar-refractivity contribution in [3.8, 4) is 0 Å². The van der Waals surface area contributed by atoms with Gasteiger partial charge in [0.2, 0.25) is 0 Å². The molecule has 18 heavy (non-hydrogen) atoms. The van der Waals surface area contributed by atoms with Gasteiger partial charge in [0.15, 0.2) is 11.5 Å². The average Bonchev–Trinajstić information content (AvgIpc) is 2.37. The second-order valence-electron chi connectivity index (χ2n) is 5.46. The van der Waals surface area contributed by atoms with E-state index in [2.05, 4.69) is 33.7 Å². The van der Waals surface area contributed by atoms with Crippen molar-refractivity contribution in [1.29, 1.82) is 0 Å². The number of nitrogens with zero attached hydrogens (tertiary/aromatic N) is 3. The van der Waals surface area contributed by atoms with E-state index in [-0.39, 0.29) is 5.69 Å². The Morgan fingerprint density at radius 1 is 1.39 bits per heavy atom. The number of rotatable bonds is 2. The van der Waals surface area contributed by atoms with Gasteiger partial charge in [-0.2, -0.15) is 0 Å². The number of methoxy groups -OCH3 is 1. The zero-order chi connectivity index (χ0) is 13.2. The Hall–Kier alpha value is -1.65. The Morgan fingerprint density at radius 2 is 2.17 bits per heavy atom. The molecule has 0 saturated carbocycles. The molecule has 2 heterocycles. The lowest BCUT2D eigenvalue weighted by molar-refractivity contribution is 0.0592. The molecule has 0 aromatic carbocycles. The van der Waals surface area contributed by atoms with Gasteiger partial charge in [-0.15, -0.1) is 10.2 Å². The van der Waals surface area contributed by atoms with E-state index in [0.29, 0.717) is 5.41 Å². The molecular weight excluding hydrogens is 230 g/mol. The second kappa shape index (κ2) is 4.92. The molecule has 1 aromatic rings. The number of anilines is 1. The van der Waals surface area contributed by atoms with Crippen molar-refractivity contribution in [2.45, 2.75) is 26.7 Å². The zero-order valence-corrected chi connectivity index (χ0v) is 11.1. The van der Waals surface area contributed by atoms with E-state index in [1.807, 2.05) is 6.07 Å². The fourth-order valence-electron chi connectivity index (χ4n) is 2.33. The summed E-state index contributed by atoms with van der Waals surface area (Å²) in [5.41, 5.74) is 0.554. The van der Waals surface area contributed by atoms with Crippen LogP contribution in [0.2, 0.25) is 0 Å². The van der Waals surface area contributed by atoms with E-state index in [9.17, 15) is 4.79 Å². The summed E-state index contributed by atoms with van der Waals surface area (Å²) in [7, 11) is 1.34. The van der Waals surface area contributed by atoms with Gasteiger partial charge >= 0.3 is 5.97 Å². The van der Waals surface area contributed by atoms with Crippen molar-refractivity contribution >= 4 is 11.8 Å². The number of carbonyl (C=O) groups excluding carboxylic acids is 1. The SMILES string of the molecule is COC(=O)c1ccc(N2CCCC(C)(C)C2)nn1. The van der Waals surface area contributed by atoms with Gasteiger partial charge in [0.1, 0.15) is 0 Å². The Kier molecular flexibility index (Phi) is 3.50. The molecule has 1 aliphatic rings. The Balaban J connectivity index is 2.12. The molecule has 0 spiro atoms. The largest absolute Gasteiger partial charge is 0.464 e. The van der Waals surface area contributed by atoms with Crippen molar-refractivity contribution in [1.82, 2.24) is 10.2 Å². The number of hydrogen-bond acceptors (Lipinski definition) is 5.